The van der Waals surface area contributed by atoms with E-state index in [0.29, 0.717) is 10.0 Å². The average Bonchev–Trinajstić information content (AvgIpc) is 2.92. The normalized spacial score (nSPS) is 10.9. The summed E-state index contributed by atoms with van der Waals surface area (Å²) in [6, 6.07) is 15.9. The van der Waals surface area contributed by atoms with Crippen molar-refractivity contribution >= 4 is 39.7 Å². The van der Waals surface area contributed by atoms with Crippen molar-refractivity contribution in [3.63, 3.8) is 0 Å². The van der Waals surface area contributed by atoms with Gasteiger partial charge in [-0.3, -0.25) is 4.84 Å². The van der Waals surface area contributed by atoms with Gasteiger partial charge in [0.15, 0.2) is 4.99 Å². The quantitative estimate of drug-likeness (QED) is 0.559. The fraction of sp³-hybridized carbons (Fsp3) is 0.118. The predicted molar refractivity (Wildman–Crippen MR) is 95.2 cm³/mol. The van der Waals surface area contributed by atoms with Crippen LogP contribution in [0.2, 0.25) is 5.02 Å². The van der Waals surface area contributed by atoms with Gasteiger partial charge in [0, 0.05) is 28.5 Å². The Labute approximate surface area is 139 Å². The van der Waals surface area contributed by atoms with Gasteiger partial charge in [0.25, 0.3) is 0 Å². The van der Waals surface area contributed by atoms with Gasteiger partial charge >= 0.3 is 0 Å². The van der Waals surface area contributed by atoms with Crippen LogP contribution in [0.25, 0.3) is 22.0 Å². The second-order valence-electron chi connectivity index (χ2n) is 4.92. The summed E-state index contributed by atoms with van der Waals surface area (Å²) in [7, 11) is 3.38. The maximum Gasteiger partial charge on any atom is 0.150 e. The van der Waals surface area contributed by atoms with Crippen LogP contribution in [-0.4, -0.2) is 29.2 Å². The topological polar surface area (TPSA) is 28.3 Å². The van der Waals surface area contributed by atoms with Crippen molar-refractivity contribution < 1.29 is 4.84 Å². The number of H-pyrrole nitrogens is 1. The van der Waals surface area contributed by atoms with E-state index in [9.17, 15) is 0 Å². The van der Waals surface area contributed by atoms with Crippen molar-refractivity contribution in [2.75, 3.05) is 14.2 Å². The molecule has 3 nitrogen and oxygen atoms in total. The molecule has 3 rings (SSSR count). The number of hydroxylamine groups is 2. The number of fused-ring (bicyclic) bond motifs is 1. The number of nitrogens with zero attached hydrogens (tertiary/aromatic N) is 1. The maximum atomic E-state index is 6.17. The van der Waals surface area contributed by atoms with E-state index in [1.54, 1.807) is 19.2 Å². The summed E-state index contributed by atoms with van der Waals surface area (Å²) in [5.41, 5.74) is 3.96. The smallest absolute Gasteiger partial charge is 0.150 e. The third kappa shape index (κ3) is 2.61. The zero-order valence-corrected chi connectivity index (χ0v) is 13.8. The highest BCUT2D eigenvalue weighted by Crippen LogP contribution is 2.34. The molecular formula is C17H15ClN2OS. The molecule has 0 saturated heterocycles. The molecule has 0 atom stereocenters. The number of rotatable bonds is 3. The Balaban J connectivity index is 2.30. The first-order chi connectivity index (χ1) is 10.6. The Morgan fingerprint density at radius 1 is 1.18 bits per heavy atom. The number of aromatic amines is 1. The van der Waals surface area contributed by atoms with E-state index in [1.165, 1.54) is 0 Å². The summed E-state index contributed by atoms with van der Waals surface area (Å²) in [5.74, 6) is 0. The van der Waals surface area contributed by atoms with Crippen LogP contribution in [0.15, 0.2) is 48.5 Å². The van der Waals surface area contributed by atoms with E-state index in [0.717, 1.165) is 27.7 Å². The Hall–Kier alpha value is -1.88. The molecule has 3 aromatic rings. The molecule has 2 aromatic carbocycles. The van der Waals surface area contributed by atoms with Crippen molar-refractivity contribution in [2.45, 2.75) is 0 Å². The highest BCUT2D eigenvalue weighted by molar-refractivity contribution is 7.80. The molecule has 112 valence electrons. The molecule has 0 fully saturated rings. The lowest BCUT2D eigenvalue weighted by atomic mass is 10.0. The van der Waals surface area contributed by atoms with Gasteiger partial charge in [0.2, 0.25) is 0 Å². The van der Waals surface area contributed by atoms with Gasteiger partial charge in [-0.1, -0.05) is 54.2 Å². The summed E-state index contributed by atoms with van der Waals surface area (Å²) >= 11 is 11.7. The molecule has 0 aliphatic heterocycles. The van der Waals surface area contributed by atoms with Crippen molar-refractivity contribution in [2.24, 2.45) is 0 Å². The van der Waals surface area contributed by atoms with Crippen LogP contribution in [0.1, 0.15) is 5.69 Å². The first-order valence-corrected chi connectivity index (χ1v) is 7.59. The lowest BCUT2D eigenvalue weighted by molar-refractivity contribution is -0.0386. The lowest BCUT2D eigenvalue weighted by Crippen LogP contribution is -2.25. The first-order valence-electron chi connectivity index (χ1n) is 6.80. The molecule has 1 aromatic heterocycles. The number of aromatic nitrogens is 1. The number of nitrogens with one attached hydrogen (secondary N) is 1. The average molecular weight is 331 g/mol. The third-order valence-corrected chi connectivity index (χ3v) is 4.29. The highest BCUT2D eigenvalue weighted by atomic mass is 35.5. The van der Waals surface area contributed by atoms with Crippen LogP contribution in [0.4, 0.5) is 0 Å². The number of hydrogen-bond acceptors (Lipinski definition) is 2. The molecule has 22 heavy (non-hydrogen) atoms. The standard InChI is InChI=1S/C17H15ClN2OS/c1-20(21-2)17(22)16-15(11-6-4-3-5-7-11)13-10-12(18)8-9-14(13)19-16/h3-10,19H,1-2H3. The predicted octanol–water partition coefficient (Wildman–Crippen LogP) is 4.66. The minimum absolute atomic E-state index is 0.591. The van der Waals surface area contributed by atoms with Crippen LogP contribution in [-0.2, 0) is 4.84 Å². The van der Waals surface area contributed by atoms with Crippen molar-refractivity contribution in [3.05, 3.63) is 59.2 Å². The number of hydrogen-bond donors (Lipinski definition) is 1. The molecular weight excluding hydrogens is 316 g/mol. The molecule has 0 saturated carbocycles. The summed E-state index contributed by atoms with van der Waals surface area (Å²) < 4.78 is 0. The number of halogens is 1. The molecule has 0 bridgehead atoms. The minimum atomic E-state index is 0.591. The fourth-order valence-corrected chi connectivity index (χ4v) is 2.87. The monoisotopic (exact) mass is 330 g/mol. The molecule has 5 heteroatoms. The zero-order chi connectivity index (χ0) is 15.7. The number of benzene rings is 2. The molecule has 0 unspecified atom stereocenters. The van der Waals surface area contributed by atoms with E-state index in [2.05, 4.69) is 17.1 Å². The largest absolute Gasteiger partial charge is 0.352 e. The molecule has 0 amide bonds. The van der Waals surface area contributed by atoms with E-state index >= 15 is 0 Å². The minimum Gasteiger partial charge on any atom is -0.352 e. The van der Waals surface area contributed by atoms with Crippen LogP contribution in [0, 0.1) is 0 Å². The summed E-state index contributed by atoms with van der Waals surface area (Å²) in [5, 5.41) is 3.30. The SMILES string of the molecule is CON(C)C(=S)c1[nH]c2ccc(Cl)cc2c1-c1ccccc1. The van der Waals surface area contributed by atoms with Gasteiger partial charge in [0.1, 0.15) is 0 Å². The molecule has 0 spiro atoms. The summed E-state index contributed by atoms with van der Waals surface area (Å²) in [6.07, 6.45) is 0. The molecule has 1 heterocycles. The van der Waals surface area contributed by atoms with Gasteiger partial charge in [0.05, 0.1) is 12.8 Å². The second kappa shape index (κ2) is 6.08. The van der Waals surface area contributed by atoms with E-state index < -0.39 is 0 Å². The summed E-state index contributed by atoms with van der Waals surface area (Å²) in [6.45, 7) is 0. The Morgan fingerprint density at radius 2 is 1.91 bits per heavy atom. The van der Waals surface area contributed by atoms with Gasteiger partial charge in [-0.25, -0.2) is 5.06 Å². The van der Waals surface area contributed by atoms with Gasteiger partial charge in [-0.05, 0) is 23.8 Å². The Kier molecular flexibility index (Phi) is 4.16. The third-order valence-electron chi connectivity index (χ3n) is 3.60. The van der Waals surface area contributed by atoms with Gasteiger partial charge in [-0.2, -0.15) is 0 Å². The number of thiocarbonyl (C=S) groups is 1. The Morgan fingerprint density at radius 3 is 2.59 bits per heavy atom. The van der Waals surface area contributed by atoms with Crippen molar-refractivity contribution in [1.82, 2.24) is 10.0 Å². The zero-order valence-electron chi connectivity index (χ0n) is 12.3. The van der Waals surface area contributed by atoms with Crippen LogP contribution >= 0.6 is 23.8 Å². The van der Waals surface area contributed by atoms with E-state index in [1.807, 2.05) is 36.4 Å². The Bertz CT molecular complexity index is 829. The molecule has 0 radical (unpaired) electrons. The second-order valence-corrected chi connectivity index (χ2v) is 5.74. The van der Waals surface area contributed by atoms with E-state index in [-0.39, 0.29) is 0 Å². The van der Waals surface area contributed by atoms with E-state index in [4.69, 9.17) is 28.7 Å². The molecule has 0 aliphatic rings. The maximum absolute atomic E-state index is 6.17. The molecule has 1 N–H and O–H groups in total. The van der Waals surface area contributed by atoms with Gasteiger partial charge in [-0.15, -0.1) is 0 Å². The van der Waals surface area contributed by atoms with Crippen molar-refractivity contribution in [1.29, 1.82) is 0 Å². The van der Waals surface area contributed by atoms with Crippen molar-refractivity contribution in [3.8, 4) is 11.1 Å². The first kappa shape index (κ1) is 15.0. The lowest BCUT2D eigenvalue weighted by Gasteiger charge is -2.17. The summed E-state index contributed by atoms with van der Waals surface area (Å²) in [4.78, 5) is 9.20. The van der Waals surface area contributed by atoms with Crippen LogP contribution < -0.4 is 0 Å². The van der Waals surface area contributed by atoms with Crippen LogP contribution in [0.3, 0.4) is 0 Å². The van der Waals surface area contributed by atoms with Crippen LogP contribution in [0.5, 0.6) is 0 Å². The van der Waals surface area contributed by atoms with Gasteiger partial charge < -0.3 is 4.98 Å². The highest BCUT2D eigenvalue weighted by Gasteiger charge is 2.19. The molecule has 0 aliphatic carbocycles. The fourth-order valence-electron chi connectivity index (χ4n) is 2.47.